The van der Waals surface area contributed by atoms with Crippen LogP contribution in [0.2, 0.25) is 0 Å². The second-order valence-corrected chi connectivity index (χ2v) is 5.38. The van der Waals surface area contributed by atoms with E-state index in [1.54, 1.807) is 13.8 Å². The fraction of sp³-hybridized carbons (Fsp3) is 0.692. The Kier molecular flexibility index (Phi) is 5.83. The topological polar surface area (TPSA) is 110 Å². The number of nitrogens with one attached hydrogen (secondary N) is 1. The van der Waals surface area contributed by atoms with Crippen LogP contribution in [0.4, 0.5) is 5.69 Å². The van der Waals surface area contributed by atoms with Gasteiger partial charge in [0.1, 0.15) is 17.9 Å². The molecule has 0 radical (unpaired) electrons. The van der Waals surface area contributed by atoms with E-state index in [2.05, 4.69) is 10.4 Å². The largest absolute Gasteiger partial charge is 0.393 e. The number of aryl methyl sites for hydroxylation is 1. The highest BCUT2D eigenvalue weighted by Crippen LogP contribution is 2.21. The minimum atomic E-state index is -0.495. The van der Waals surface area contributed by atoms with Gasteiger partial charge in [-0.3, -0.25) is 19.6 Å². The minimum Gasteiger partial charge on any atom is -0.393 e. The summed E-state index contributed by atoms with van der Waals surface area (Å²) >= 11 is 0. The summed E-state index contributed by atoms with van der Waals surface area (Å²) in [6, 6.07) is 0. The molecule has 1 aromatic heterocycles. The molecular formula is C13H22N4O4. The molecule has 8 nitrogen and oxygen atoms in total. The van der Waals surface area contributed by atoms with Crippen molar-refractivity contribution in [1.82, 2.24) is 15.1 Å². The van der Waals surface area contributed by atoms with Gasteiger partial charge in [0, 0.05) is 6.54 Å². The zero-order valence-electron chi connectivity index (χ0n) is 12.8. The van der Waals surface area contributed by atoms with Crippen molar-refractivity contribution >= 4 is 11.6 Å². The Hall–Kier alpha value is -1.96. The van der Waals surface area contributed by atoms with Gasteiger partial charge in [-0.2, -0.15) is 5.10 Å². The van der Waals surface area contributed by atoms with Gasteiger partial charge in [0.15, 0.2) is 0 Å². The highest BCUT2D eigenvalue weighted by molar-refractivity contribution is 5.75. The van der Waals surface area contributed by atoms with Crippen LogP contribution in [0.3, 0.4) is 0 Å². The van der Waals surface area contributed by atoms with E-state index < -0.39 is 11.0 Å². The van der Waals surface area contributed by atoms with E-state index in [0.717, 1.165) is 0 Å². The molecule has 1 rings (SSSR count). The van der Waals surface area contributed by atoms with E-state index in [1.807, 2.05) is 13.8 Å². The smallest absolute Gasteiger partial charge is 0.312 e. The maximum atomic E-state index is 11.8. The average molecular weight is 298 g/mol. The number of carbonyl (C=O) groups excluding carboxylic acids is 1. The number of hydrogen-bond acceptors (Lipinski definition) is 5. The molecule has 0 saturated heterocycles. The second-order valence-electron chi connectivity index (χ2n) is 5.38. The molecule has 118 valence electrons. The average Bonchev–Trinajstić information content (AvgIpc) is 2.63. The van der Waals surface area contributed by atoms with E-state index in [0.29, 0.717) is 24.4 Å². The molecule has 0 aromatic carbocycles. The molecule has 1 aromatic rings. The van der Waals surface area contributed by atoms with Gasteiger partial charge < -0.3 is 10.4 Å². The lowest BCUT2D eigenvalue weighted by atomic mass is 10.0. The molecule has 0 aliphatic rings. The summed E-state index contributed by atoms with van der Waals surface area (Å²) in [6.45, 7) is 7.20. The summed E-state index contributed by atoms with van der Waals surface area (Å²) in [7, 11) is 0. The molecule has 0 fully saturated rings. The predicted octanol–water partition coefficient (Wildman–Crippen LogP) is 0.931. The molecular weight excluding hydrogens is 276 g/mol. The lowest BCUT2D eigenvalue weighted by molar-refractivity contribution is -0.386. The van der Waals surface area contributed by atoms with E-state index in [9.17, 15) is 20.0 Å². The van der Waals surface area contributed by atoms with Crippen molar-refractivity contribution in [2.24, 2.45) is 5.92 Å². The van der Waals surface area contributed by atoms with E-state index in [4.69, 9.17) is 0 Å². The van der Waals surface area contributed by atoms with Gasteiger partial charge in [0.05, 0.1) is 11.0 Å². The number of amides is 1. The summed E-state index contributed by atoms with van der Waals surface area (Å²) in [5, 5.41) is 27.2. The lowest BCUT2D eigenvalue weighted by Crippen LogP contribution is -2.31. The first-order chi connectivity index (χ1) is 9.73. The molecule has 0 aliphatic heterocycles. The van der Waals surface area contributed by atoms with Crippen LogP contribution >= 0.6 is 0 Å². The zero-order chi connectivity index (χ0) is 16.2. The predicted molar refractivity (Wildman–Crippen MR) is 76.8 cm³/mol. The SMILES string of the molecule is Cc1nn(CC(=O)NCCC(O)C(C)C)c(C)c1[N+](=O)[O-]. The third-order valence-electron chi connectivity index (χ3n) is 3.35. The summed E-state index contributed by atoms with van der Waals surface area (Å²) in [5.74, 6) is -0.146. The van der Waals surface area contributed by atoms with Crippen LogP contribution in [0.5, 0.6) is 0 Å². The number of carbonyl (C=O) groups is 1. The van der Waals surface area contributed by atoms with Crippen LogP contribution in [0.1, 0.15) is 31.7 Å². The molecule has 0 spiro atoms. The third kappa shape index (κ3) is 4.52. The molecule has 8 heteroatoms. The van der Waals surface area contributed by atoms with E-state index in [1.165, 1.54) is 4.68 Å². The molecule has 0 aliphatic carbocycles. The van der Waals surface area contributed by atoms with Gasteiger partial charge >= 0.3 is 5.69 Å². The van der Waals surface area contributed by atoms with Crippen LogP contribution in [0, 0.1) is 29.9 Å². The van der Waals surface area contributed by atoms with Crippen LogP contribution in [-0.2, 0) is 11.3 Å². The minimum absolute atomic E-state index is 0.0574. The van der Waals surface area contributed by atoms with Crippen LogP contribution in [-0.4, -0.2) is 38.4 Å². The maximum absolute atomic E-state index is 11.8. The lowest BCUT2D eigenvalue weighted by Gasteiger charge is -2.14. The van der Waals surface area contributed by atoms with Crippen molar-refractivity contribution in [3.8, 4) is 0 Å². The number of nitro groups is 1. The molecule has 0 saturated carbocycles. The molecule has 1 amide bonds. The number of rotatable bonds is 7. The first-order valence-electron chi connectivity index (χ1n) is 6.87. The second kappa shape index (κ2) is 7.16. The van der Waals surface area contributed by atoms with E-state index in [-0.39, 0.29) is 24.1 Å². The van der Waals surface area contributed by atoms with E-state index >= 15 is 0 Å². The van der Waals surface area contributed by atoms with Crippen molar-refractivity contribution in [1.29, 1.82) is 0 Å². The third-order valence-corrected chi connectivity index (χ3v) is 3.35. The Bertz CT molecular complexity index is 524. The van der Waals surface area contributed by atoms with Crippen LogP contribution < -0.4 is 5.32 Å². The maximum Gasteiger partial charge on any atom is 0.312 e. The standard InChI is InChI=1S/C13H22N4O4/c1-8(2)11(18)5-6-14-12(19)7-16-10(4)13(17(20)21)9(3)15-16/h8,11,18H,5-7H2,1-4H3,(H,14,19). The fourth-order valence-corrected chi connectivity index (χ4v) is 1.99. The molecule has 2 N–H and O–H groups in total. The van der Waals surface area contributed by atoms with Crippen LogP contribution in [0.25, 0.3) is 0 Å². The van der Waals surface area contributed by atoms with Crippen molar-refractivity contribution in [2.45, 2.75) is 46.8 Å². The monoisotopic (exact) mass is 298 g/mol. The first kappa shape index (κ1) is 17.1. The Morgan fingerprint density at radius 2 is 2.10 bits per heavy atom. The quantitative estimate of drug-likeness (QED) is 0.574. The highest BCUT2D eigenvalue weighted by Gasteiger charge is 2.22. The molecule has 1 heterocycles. The Morgan fingerprint density at radius 3 is 2.57 bits per heavy atom. The molecule has 21 heavy (non-hydrogen) atoms. The van der Waals surface area contributed by atoms with Crippen molar-refractivity contribution in [3.05, 3.63) is 21.5 Å². The zero-order valence-corrected chi connectivity index (χ0v) is 12.8. The number of aliphatic hydroxyl groups excluding tert-OH is 1. The molecule has 1 unspecified atom stereocenters. The van der Waals surface area contributed by atoms with Gasteiger partial charge in [-0.15, -0.1) is 0 Å². The number of aromatic nitrogens is 2. The van der Waals surface area contributed by atoms with Crippen molar-refractivity contribution in [3.63, 3.8) is 0 Å². The van der Waals surface area contributed by atoms with Gasteiger partial charge in [0.25, 0.3) is 0 Å². The van der Waals surface area contributed by atoms with Gasteiger partial charge in [-0.05, 0) is 26.2 Å². The number of aliphatic hydroxyl groups is 1. The first-order valence-corrected chi connectivity index (χ1v) is 6.87. The van der Waals surface area contributed by atoms with Crippen molar-refractivity contribution in [2.75, 3.05) is 6.54 Å². The summed E-state index contributed by atoms with van der Waals surface area (Å²) in [5.41, 5.74) is 0.591. The Morgan fingerprint density at radius 1 is 1.48 bits per heavy atom. The summed E-state index contributed by atoms with van der Waals surface area (Å²) < 4.78 is 1.32. The van der Waals surface area contributed by atoms with Gasteiger partial charge in [0.2, 0.25) is 5.91 Å². The Balaban J connectivity index is 2.56. The molecule has 1 atom stereocenters. The van der Waals surface area contributed by atoms with Crippen molar-refractivity contribution < 1.29 is 14.8 Å². The fourth-order valence-electron chi connectivity index (χ4n) is 1.99. The molecule has 0 bridgehead atoms. The Labute approximate surface area is 123 Å². The number of hydrogen-bond donors (Lipinski definition) is 2. The highest BCUT2D eigenvalue weighted by atomic mass is 16.6. The summed E-state index contributed by atoms with van der Waals surface area (Å²) in [6.07, 6.45) is 0.0146. The number of nitrogens with zero attached hydrogens (tertiary/aromatic N) is 3. The van der Waals surface area contributed by atoms with Gasteiger partial charge in [-0.25, -0.2) is 0 Å². The normalized spacial score (nSPS) is 12.5. The summed E-state index contributed by atoms with van der Waals surface area (Å²) in [4.78, 5) is 22.2. The van der Waals surface area contributed by atoms with Crippen LogP contribution in [0.15, 0.2) is 0 Å². The van der Waals surface area contributed by atoms with Gasteiger partial charge in [-0.1, -0.05) is 13.8 Å².